The highest BCUT2D eigenvalue weighted by Gasteiger charge is 2.11. The van der Waals surface area contributed by atoms with Crippen LogP contribution in [0.5, 0.6) is 0 Å². The summed E-state index contributed by atoms with van der Waals surface area (Å²) in [4.78, 5) is 1.62. The van der Waals surface area contributed by atoms with Crippen LogP contribution >= 0.6 is 0 Å². The molecule has 0 saturated heterocycles. The molecule has 0 fully saturated rings. The second-order valence-corrected chi connectivity index (χ2v) is 4.34. The van der Waals surface area contributed by atoms with E-state index in [0.717, 1.165) is 22.5 Å². The molecule has 3 heteroatoms. The van der Waals surface area contributed by atoms with E-state index in [0.29, 0.717) is 0 Å². The summed E-state index contributed by atoms with van der Waals surface area (Å²) < 4.78 is 0. The van der Waals surface area contributed by atoms with Crippen LogP contribution in [0, 0.1) is 0 Å². The van der Waals surface area contributed by atoms with E-state index in [4.69, 9.17) is 0 Å². The molecule has 0 aliphatic heterocycles. The Kier molecular flexibility index (Phi) is 3.02. The summed E-state index contributed by atoms with van der Waals surface area (Å²) >= 11 is 0. The number of hydrogen-bond donors (Lipinski definition) is 0. The van der Waals surface area contributed by atoms with Crippen molar-refractivity contribution in [3.63, 3.8) is 0 Å². The van der Waals surface area contributed by atoms with Gasteiger partial charge in [0.15, 0.2) is 7.05 Å². The van der Waals surface area contributed by atoms with Crippen LogP contribution in [0.3, 0.4) is 0 Å². The fraction of sp³-hybridized carbons (Fsp3) is 0.0625. The van der Waals surface area contributed by atoms with E-state index in [1.54, 1.807) is 4.80 Å². The minimum Gasteiger partial charge on any atom is -0.0622 e. The van der Waals surface area contributed by atoms with Crippen molar-refractivity contribution in [1.29, 1.82) is 0 Å². The van der Waals surface area contributed by atoms with Crippen LogP contribution in [0.25, 0.3) is 22.5 Å². The largest absolute Gasteiger partial charge is 0.193 e. The quantitative estimate of drug-likeness (QED) is 0.652. The summed E-state index contributed by atoms with van der Waals surface area (Å²) in [5, 5.41) is 8.87. The summed E-state index contributed by atoms with van der Waals surface area (Å²) in [6.45, 7) is 0. The van der Waals surface area contributed by atoms with E-state index < -0.39 is 0 Å². The van der Waals surface area contributed by atoms with E-state index in [9.17, 15) is 0 Å². The van der Waals surface area contributed by atoms with Gasteiger partial charge in [0, 0.05) is 32.2 Å². The van der Waals surface area contributed by atoms with E-state index in [1.165, 1.54) is 0 Å². The van der Waals surface area contributed by atoms with Gasteiger partial charge >= 0.3 is 0 Å². The first-order valence-corrected chi connectivity index (χ1v) is 6.19. The lowest BCUT2D eigenvalue weighted by atomic mass is 10.1. The molecule has 19 heavy (non-hydrogen) atoms. The van der Waals surface area contributed by atoms with Gasteiger partial charge in [-0.05, 0) is 0 Å². The minimum absolute atomic E-state index is 0.928. The molecule has 1 aromatic heterocycles. The van der Waals surface area contributed by atoms with Crippen LogP contribution in [-0.4, -0.2) is 10.2 Å². The molecule has 0 amide bonds. The van der Waals surface area contributed by atoms with Crippen LogP contribution in [-0.2, 0) is 7.05 Å². The first kappa shape index (κ1) is 11.5. The van der Waals surface area contributed by atoms with Crippen molar-refractivity contribution in [2.24, 2.45) is 7.05 Å². The zero-order valence-electron chi connectivity index (χ0n) is 10.7. The standard InChI is InChI=1S/C16H14N3/c1-19-17-15(13-8-4-2-5-9-13)12-16(18-19)14-10-6-3-7-11-14/h2-12H,1H3/q+1. The van der Waals surface area contributed by atoms with Crippen molar-refractivity contribution in [3.8, 4) is 22.5 Å². The molecule has 0 spiro atoms. The molecule has 0 aliphatic carbocycles. The summed E-state index contributed by atoms with van der Waals surface area (Å²) in [6.07, 6.45) is 0. The number of hydrogen-bond acceptors (Lipinski definition) is 2. The van der Waals surface area contributed by atoms with Gasteiger partial charge in [-0.1, -0.05) is 60.7 Å². The zero-order chi connectivity index (χ0) is 13.1. The fourth-order valence-corrected chi connectivity index (χ4v) is 2.02. The fourth-order valence-electron chi connectivity index (χ4n) is 2.02. The first-order valence-electron chi connectivity index (χ1n) is 6.19. The maximum atomic E-state index is 4.44. The van der Waals surface area contributed by atoms with Crippen molar-refractivity contribution in [2.45, 2.75) is 0 Å². The van der Waals surface area contributed by atoms with Crippen molar-refractivity contribution in [2.75, 3.05) is 0 Å². The lowest BCUT2D eigenvalue weighted by molar-refractivity contribution is -0.784. The average molecular weight is 248 g/mol. The predicted octanol–water partition coefficient (Wildman–Crippen LogP) is 2.64. The highest BCUT2D eigenvalue weighted by atomic mass is 15.4. The van der Waals surface area contributed by atoms with Gasteiger partial charge < -0.3 is 0 Å². The zero-order valence-corrected chi connectivity index (χ0v) is 10.7. The van der Waals surface area contributed by atoms with Crippen LogP contribution in [0.2, 0.25) is 0 Å². The maximum Gasteiger partial charge on any atom is 0.193 e. The van der Waals surface area contributed by atoms with Crippen molar-refractivity contribution in [3.05, 3.63) is 66.7 Å². The molecule has 0 unspecified atom stereocenters. The lowest BCUT2D eigenvalue weighted by Crippen LogP contribution is -2.38. The summed E-state index contributed by atoms with van der Waals surface area (Å²) in [5.74, 6) is 0. The first-order chi connectivity index (χ1) is 9.33. The minimum atomic E-state index is 0.928. The highest BCUT2D eigenvalue weighted by molar-refractivity contribution is 5.66. The molecular formula is C16H14N3+. The normalized spacial score (nSPS) is 10.4. The Labute approximate surface area is 112 Å². The van der Waals surface area contributed by atoms with E-state index in [2.05, 4.69) is 34.5 Å². The molecule has 0 bridgehead atoms. The van der Waals surface area contributed by atoms with Gasteiger partial charge in [0.05, 0.1) is 0 Å². The van der Waals surface area contributed by atoms with E-state index in [1.807, 2.05) is 49.5 Å². The molecule has 1 heterocycles. The Balaban J connectivity index is 2.12. The van der Waals surface area contributed by atoms with Crippen molar-refractivity contribution in [1.82, 2.24) is 10.2 Å². The molecule has 0 radical (unpaired) electrons. The highest BCUT2D eigenvalue weighted by Crippen LogP contribution is 2.20. The Morgan fingerprint density at radius 3 is 1.53 bits per heavy atom. The number of nitrogens with zero attached hydrogens (tertiary/aromatic N) is 3. The third kappa shape index (κ3) is 2.50. The van der Waals surface area contributed by atoms with Crippen LogP contribution in [0.1, 0.15) is 0 Å². The molecule has 0 N–H and O–H groups in total. The topological polar surface area (TPSA) is 29.7 Å². The summed E-state index contributed by atoms with van der Waals surface area (Å²) in [7, 11) is 1.85. The Hall–Kier alpha value is -2.55. The molecule has 3 nitrogen and oxygen atoms in total. The molecular weight excluding hydrogens is 234 g/mol. The third-order valence-corrected chi connectivity index (χ3v) is 2.92. The smallest absolute Gasteiger partial charge is 0.0622 e. The number of benzene rings is 2. The predicted molar refractivity (Wildman–Crippen MR) is 74.1 cm³/mol. The Morgan fingerprint density at radius 1 is 0.684 bits per heavy atom. The molecule has 2 aromatic carbocycles. The number of aryl methyl sites for hydroxylation is 1. The summed E-state index contributed by atoms with van der Waals surface area (Å²) in [6, 6.07) is 22.3. The SMILES string of the molecule is C[n+]1nc(-c2ccccc2)cc(-c2ccccc2)n1. The molecule has 0 atom stereocenters. The van der Waals surface area contributed by atoms with Crippen molar-refractivity contribution >= 4 is 0 Å². The summed E-state index contributed by atoms with van der Waals surface area (Å²) in [5.41, 5.74) is 4.05. The monoisotopic (exact) mass is 248 g/mol. The molecule has 3 aromatic rings. The lowest BCUT2D eigenvalue weighted by Gasteiger charge is -2.01. The second-order valence-electron chi connectivity index (χ2n) is 4.34. The molecule has 0 saturated carbocycles. The Bertz CT molecular complexity index is 621. The van der Waals surface area contributed by atoms with Crippen molar-refractivity contribution < 1.29 is 4.80 Å². The molecule has 3 rings (SSSR count). The van der Waals surface area contributed by atoms with E-state index in [-0.39, 0.29) is 0 Å². The average Bonchev–Trinajstić information content (AvgIpc) is 2.48. The van der Waals surface area contributed by atoms with Crippen LogP contribution in [0.15, 0.2) is 66.7 Å². The van der Waals surface area contributed by atoms with Gasteiger partial charge in [0.25, 0.3) is 0 Å². The van der Waals surface area contributed by atoms with Crippen LogP contribution in [0.4, 0.5) is 0 Å². The second kappa shape index (κ2) is 4.98. The van der Waals surface area contributed by atoms with Gasteiger partial charge in [0.1, 0.15) is 11.4 Å². The van der Waals surface area contributed by atoms with Gasteiger partial charge in [-0.25, -0.2) is 0 Å². The third-order valence-electron chi connectivity index (χ3n) is 2.92. The van der Waals surface area contributed by atoms with E-state index >= 15 is 0 Å². The molecule has 92 valence electrons. The van der Waals surface area contributed by atoms with Crippen LogP contribution < -0.4 is 4.80 Å². The van der Waals surface area contributed by atoms with Gasteiger partial charge in [-0.2, -0.15) is 0 Å². The molecule has 0 aliphatic rings. The maximum absolute atomic E-state index is 4.44. The van der Waals surface area contributed by atoms with Gasteiger partial charge in [-0.3, -0.25) is 0 Å². The van der Waals surface area contributed by atoms with Gasteiger partial charge in [-0.15, -0.1) is 0 Å². The Morgan fingerprint density at radius 2 is 1.11 bits per heavy atom. The number of rotatable bonds is 2. The van der Waals surface area contributed by atoms with Gasteiger partial charge in [0.2, 0.25) is 0 Å². The number of aromatic nitrogens is 3.